The number of methoxy groups -OCH3 is 1. The van der Waals surface area contributed by atoms with Crippen LogP contribution in [0.5, 0.6) is 0 Å². The molecule has 42 heavy (non-hydrogen) atoms. The van der Waals surface area contributed by atoms with Crippen molar-refractivity contribution in [2.45, 2.75) is 38.1 Å². The third-order valence-corrected chi connectivity index (χ3v) is 7.13. The molecule has 0 aliphatic carbocycles. The Hall–Kier alpha value is -4.46. The number of urea groups is 1. The summed E-state index contributed by atoms with van der Waals surface area (Å²) in [5, 5.41) is 13.2. The van der Waals surface area contributed by atoms with Crippen LogP contribution in [0.2, 0.25) is 0 Å². The summed E-state index contributed by atoms with van der Waals surface area (Å²) in [5.41, 5.74) is 0.0713. The van der Waals surface area contributed by atoms with Crippen LogP contribution < -0.4 is 10.6 Å². The van der Waals surface area contributed by atoms with Crippen molar-refractivity contribution in [1.29, 1.82) is 0 Å². The Kier molecular flexibility index (Phi) is 9.94. The van der Waals surface area contributed by atoms with Gasteiger partial charge in [-0.3, -0.25) is 24.6 Å². The Morgan fingerprint density at radius 1 is 1.05 bits per heavy atom. The number of nitrogens with one attached hydrogen (secondary N) is 2. The van der Waals surface area contributed by atoms with Crippen LogP contribution >= 0.6 is 0 Å². The minimum atomic E-state index is -5.08. The molecule has 226 valence electrons. The van der Waals surface area contributed by atoms with Crippen molar-refractivity contribution in [2.24, 2.45) is 11.8 Å². The summed E-state index contributed by atoms with van der Waals surface area (Å²) >= 11 is 0. The maximum atomic E-state index is 13.5. The molecule has 2 aliphatic heterocycles. The number of anilines is 1. The maximum Gasteiger partial charge on any atom is 0.490 e. The average molecular weight is 593 g/mol. The highest BCUT2D eigenvalue weighted by Gasteiger charge is 2.66. The third-order valence-electron chi connectivity index (χ3n) is 7.13. The highest BCUT2D eigenvalue weighted by atomic mass is 19.4. The number of hydrogen-bond acceptors (Lipinski definition) is 7. The number of fused-ring (bicyclic) bond motifs is 1. The fourth-order valence-electron chi connectivity index (χ4n) is 5.12. The van der Waals surface area contributed by atoms with Gasteiger partial charge in [-0.25, -0.2) is 9.59 Å². The zero-order valence-electron chi connectivity index (χ0n) is 23.1. The van der Waals surface area contributed by atoms with E-state index in [-0.39, 0.29) is 25.0 Å². The summed E-state index contributed by atoms with van der Waals surface area (Å²) in [6, 6.07) is 17.4. The molecule has 2 fully saturated rings. The van der Waals surface area contributed by atoms with Crippen molar-refractivity contribution in [3.63, 3.8) is 0 Å². The van der Waals surface area contributed by atoms with Crippen LogP contribution in [-0.4, -0.2) is 82.6 Å². The van der Waals surface area contributed by atoms with Crippen LogP contribution in [0.15, 0.2) is 60.7 Å². The molecule has 11 nitrogen and oxygen atoms in total. The molecule has 4 amide bonds. The smallest absolute Gasteiger partial charge is 0.475 e. The van der Waals surface area contributed by atoms with Gasteiger partial charge in [0.05, 0.1) is 25.5 Å². The first-order chi connectivity index (χ1) is 19.7. The van der Waals surface area contributed by atoms with Gasteiger partial charge in [0.1, 0.15) is 5.54 Å². The van der Waals surface area contributed by atoms with Gasteiger partial charge in [0.25, 0.3) is 0 Å². The number of likely N-dealkylation sites (N-methyl/N-ethyl adjacent to an activating group) is 1. The topological polar surface area (TPSA) is 145 Å². The summed E-state index contributed by atoms with van der Waals surface area (Å²) < 4.78 is 36.7. The molecular weight excluding hydrogens is 561 g/mol. The van der Waals surface area contributed by atoms with Gasteiger partial charge >= 0.3 is 24.1 Å². The van der Waals surface area contributed by atoms with Crippen molar-refractivity contribution in [1.82, 2.24) is 15.1 Å². The minimum Gasteiger partial charge on any atom is -0.475 e. The first-order valence-corrected chi connectivity index (χ1v) is 12.9. The maximum absolute atomic E-state index is 13.5. The molecule has 4 rings (SSSR count). The fraction of sp³-hybridized carbons (Fsp3) is 0.393. The summed E-state index contributed by atoms with van der Waals surface area (Å²) in [4.78, 5) is 64.5. The van der Waals surface area contributed by atoms with Gasteiger partial charge in [-0.1, -0.05) is 48.5 Å². The second-order valence-corrected chi connectivity index (χ2v) is 9.83. The molecule has 2 saturated heterocycles. The number of esters is 1. The van der Waals surface area contributed by atoms with E-state index in [2.05, 4.69) is 10.6 Å². The monoisotopic (exact) mass is 592 g/mol. The number of ether oxygens (including phenoxy) is 1. The fourth-order valence-corrected chi connectivity index (χ4v) is 5.12. The Bertz CT molecular complexity index is 1310. The van der Waals surface area contributed by atoms with Gasteiger partial charge in [-0.15, -0.1) is 0 Å². The molecule has 2 aromatic carbocycles. The molecule has 0 saturated carbocycles. The van der Waals surface area contributed by atoms with Crippen molar-refractivity contribution < 1.29 is 47.0 Å². The Labute approximate surface area is 239 Å². The molecule has 0 radical (unpaired) electrons. The molecule has 0 spiro atoms. The van der Waals surface area contributed by atoms with Gasteiger partial charge < -0.3 is 20.1 Å². The standard InChI is InChI=1S/C26H30N4O5.C2HF3O2/c1-4-29(25(34)27-18-13-9-6-10-14-18)16-19-20-21(26(2,28-19)24(33)35-3)23(32)30(22(20)31)15-17-11-7-5-8-12-17;3-2(4,5)1(6)7/h5-14,19-21,28H,4,15-16H2,1-3H3,(H,27,34);(H,6,7)/t19-,20+,21-,26-;/m1./s1. The zero-order chi connectivity index (χ0) is 31.2. The number of para-hydroxylation sites is 1. The molecule has 0 unspecified atom stereocenters. The number of benzene rings is 2. The number of imide groups is 1. The number of rotatable bonds is 7. The van der Waals surface area contributed by atoms with E-state index < -0.39 is 47.4 Å². The first kappa shape index (κ1) is 32.1. The molecule has 2 heterocycles. The molecule has 2 aliphatic rings. The number of carbonyl (C=O) groups excluding carboxylic acids is 4. The van der Waals surface area contributed by atoms with Gasteiger partial charge in [0, 0.05) is 24.8 Å². The summed E-state index contributed by atoms with van der Waals surface area (Å²) in [7, 11) is 1.26. The lowest BCUT2D eigenvalue weighted by Gasteiger charge is -2.30. The first-order valence-electron chi connectivity index (χ1n) is 12.9. The van der Waals surface area contributed by atoms with Gasteiger partial charge in [0.2, 0.25) is 11.8 Å². The van der Waals surface area contributed by atoms with E-state index in [1.807, 2.05) is 55.5 Å². The molecule has 2 aromatic rings. The summed E-state index contributed by atoms with van der Waals surface area (Å²) in [6.45, 7) is 4.06. The van der Waals surface area contributed by atoms with Crippen molar-refractivity contribution in [3.05, 3.63) is 66.2 Å². The van der Waals surface area contributed by atoms with Crippen molar-refractivity contribution in [2.75, 3.05) is 25.5 Å². The van der Waals surface area contributed by atoms with E-state index in [9.17, 15) is 32.3 Å². The third kappa shape index (κ3) is 6.87. The Morgan fingerprint density at radius 2 is 1.60 bits per heavy atom. The predicted molar refractivity (Wildman–Crippen MR) is 143 cm³/mol. The zero-order valence-corrected chi connectivity index (χ0v) is 23.1. The van der Waals surface area contributed by atoms with Crippen LogP contribution in [0, 0.1) is 11.8 Å². The predicted octanol–water partition coefficient (Wildman–Crippen LogP) is 2.88. The molecule has 0 bridgehead atoms. The Balaban J connectivity index is 0.000000616. The van der Waals surface area contributed by atoms with Gasteiger partial charge in [-0.05, 0) is 31.5 Å². The van der Waals surface area contributed by atoms with E-state index in [0.29, 0.717) is 12.2 Å². The van der Waals surface area contributed by atoms with Crippen LogP contribution in [-0.2, 0) is 30.5 Å². The van der Waals surface area contributed by atoms with Crippen LogP contribution in [0.1, 0.15) is 19.4 Å². The number of aliphatic carboxylic acids is 1. The normalized spacial score (nSPS) is 23.0. The van der Waals surface area contributed by atoms with Crippen LogP contribution in [0.4, 0.5) is 23.7 Å². The highest BCUT2D eigenvalue weighted by molar-refractivity contribution is 6.09. The largest absolute Gasteiger partial charge is 0.490 e. The van der Waals surface area contributed by atoms with Gasteiger partial charge in [0.15, 0.2) is 0 Å². The number of alkyl halides is 3. The summed E-state index contributed by atoms with van der Waals surface area (Å²) in [6.07, 6.45) is -5.08. The lowest BCUT2D eigenvalue weighted by Crippen LogP contribution is -2.56. The minimum absolute atomic E-state index is 0.126. The van der Waals surface area contributed by atoms with Crippen LogP contribution in [0.25, 0.3) is 0 Å². The molecule has 14 heteroatoms. The number of hydrogen-bond donors (Lipinski definition) is 3. The van der Waals surface area contributed by atoms with E-state index >= 15 is 0 Å². The second kappa shape index (κ2) is 13.0. The van der Waals surface area contributed by atoms with E-state index in [1.165, 1.54) is 12.0 Å². The molecule has 3 N–H and O–H groups in total. The number of nitrogens with zero attached hydrogens (tertiary/aromatic N) is 2. The van der Waals surface area contributed by atoms with Crippen molar-refractivity contribution in [3.8, 4) is 0 Å². The lowest BCUT2D eigenvalue weighted by atomic mass is 9.81. The lowest BCUT2D eigenvalue weighted by molar-refractivity contribution is -0.192. The Morgan fingerprint density at radius 3 is 2.10 bits per heavy atom. The highest BCUT2D eigenvalue weighted by Crippen LogP contribution is 2.44. The van der Waals surface area contributed by atoms with Crippen molar-refractivity contribution >= 4 is 35.5 Å². The van der Waals surface area contributed by atoms with E-state index in [4.69, 9.17) is 14.6 Å². The molecule has 4 atom stereocenters. The van der Waals surface area contributed by atoms with Crippen LogP contribution in [0.3, 0.4) is 0 Å². The number of likely N-dealkylation sites (tertiary alicyclic amines) is 1. The average Bonchev–Trinajstić information content (AvgIpc) is 3.40. The van der Waals surface area contributed by atoms with E-state index in [0.717, 1.165) is 5.56 Å². The number of carbonyl (C=O) groups is 5. The molecular formula is C28H31F3N4O7. The quantitative estimate of drug-likeness (QED) is 0.329. The summed E-state index contributed by atoms with van der Waals surface area (Å²) in [5.74, 6) is -5.86. The van der Waals surface area contributed by atoms with Gasteiger partial charge in [-0.2, -0.15) is 13.2 Å². The number of carboxylic acids is 1. The second-order valence-electron chi connectivity index (χ2n) is 9.83. The molecule has 0 aromatic heterocycles. The number of carboxylic acid groups (broad SMARTS) is 1. The van der Waals surface area contributed by atoms with E-state index in [1.54, 1.807) is 24.0 Å². The SMILES string of the molecule is CCN(C[C@H]1N[C@@](C)(C(=O)OC)[C@H]2C(=O)N(Cc3ccccc3)C(=O)[C@@H]12)C(=O)Nc1ccccc1.O=C(O)C(F)(F)F. The number of halogens is 3. The number of amides is 4.